The van der Waals surface area contributed by atoms with Crippen molar-refractivity contribution in [2.75, 3.05) is 11.1 Å². The molecule has 4 rings (SSSR count). The normalized spacial score (nSPS) is 11.1. The van der Waals surface area contributed by atoms with Gasteiger partial charge in [0.15, 0.2) is 11.0 Å². The Hall–Kier alpha value is -3.50. The number of nitrogens with zero attached hydrogens (tertiary/aromatic N) is 5. The lowest BCUT2D eigenvalue weighted by molar-refractivity contribution is -0.113. The van der Waals surface area contributed by atoms with Crippen LogP contribution in [0.25, 0.3) is 5.69 Å². The van der Waals surface area contributed by atoms with Crippen molar-refractivity contribution < 1.29 is 9.53 Å². The Morgan fingerprint density at radius 3 is 2.43 bits per heavy atom. The Labute approximate surface area is 224 Å². The van der Waals surface area contributed by atoms with Crippen molar-refractivity contribution in [3.63, 3.8) is 0 Å². The number of hydrogen-bond acceptors (Lipinski definition) is 6. The smallest absolute Gasteiger partial charge is 0.295 e. The quantitative estimate of drug-likeness (QED) is 0.310. The molecular formula is C26H29ClN6O3S. The summed E-state index contributed by atoms with van der Waals surface area (Å²) >= 11 is 7.50. The summed E-state index contributed by atoms with van der Waals surface area (Å²) in [7, 11) is 1.79. The zero-order chi connectivity index (χ0) is 26.7. The zero-order valence-electron chi connectivity index (χ0n) is 21.4. The number of carbonyl (C=O) groups excluding carboxylic acids is 1. The van der Waals surface area contributed by atoms with Crippen LogP contribution in [0.3, 0.4) is 0 Å². The second-order valence-corrected chi connectivity index (χ2v) is 9.90. The van der Waals surface area contributed by atoms with Gasteiger partial charge in [-0.1, -0.05) is 41.6 Å². The van der Waals surface area contributed by atoms with Gasteiger partial charge in [0.1, 0.15) is 18.0 Å². The number of anilines is 1. The summed E-state index contributed by atoms with van der Waals surface area (Å²) < 4.78 is 11.1. The van der Waals surface area contributed by atoms with E-state index in [1.165, 1.54) is 16.4 Å². The Morgan fingerprint density at radius 2 is 1.78 bits per heavy atom. The van der Waals surface area contributed by atoms with Gasteiger partial charge in [-0.05, 0) is 63.1 Å². The number of amides is 1. The summed E-state index contributed by atoms with van der Waals surface area (Å²) in [4.78, 5) is 25.8. The maximum absolute atomic E-state index is 13.0. The summed E-state index contributed by atoms with van der Waals surface area (Å²) in [5.41, 5.74) is 3.25. The first-order valence-corrected chi connectivity index (χ1v) is 13.2. The van der Waals surface area contributed by atoms with Crippen LogP contribution in [-0.4, -0.2) is 35.8 Å². The Balaban J connectivity index is 1.42. The van der Waals surface area contributed by atoms with Crippen molar-refractivity contribution in [3.8, 4) is 11.4 Å². The van der Waals surface area contributed by atoms with Crippen molar-refractivity contribution in [2.24, 2.45) is 7.05 Å². The molecule has 0 radical (unpaired) electrons. The lowest BCUT2D eigenvalue weighted by Gasteiger charge is -2.11. The molecule has 0 bridgehead atoms. The standard InChI is InChI=1S/C26H29ClN6O3S/c1-6-32-21(14-36-20-12-16(2)23(27)17(3)13-20)29-30-26(32)37-15-22(34)28-24-18(4)31(5)33(25(24)35)19-10-8-7-9-11-19/h7-13H,6,14-15H2,1-5H3,(H,28,34). The van der Waals surface area contributed by atoms with Gasteiger partial charge in [0.05, 0.1) is 17.1 Å². The van der Waals surface area contributed by atoms with E-state index in [1.54, 1.807) is 18.7 Å². The van der Waals surface area contributed by atoms with Gasteiger partial charge in [0.2, 0.25) is 5.91 Å². The van der Waals surface area contributed by atoms with Crippen molar-refractivity contribution in [1.29, 1.82) is 0 Å². The fourth-order valence-electron chi connectivity index (χ4n) is 4.01. The van der Waals surface area contributed by atoms with Crippen LogP contribution in [0.2, 0.25) is 5.02 Å². The number of hydrogen-bond donors (Lipinski definition) is 1. The number of nitrogens with one attached hydrogen (secondary N) is 1. The second-order valence-electron chi connectivity index (χ2n) is 8.58. The minimum Gasteiger partial charge on any atom is -0.486 e. The predicted molar refractivity (Wildman–Crippen MR) is 146 cm³/mol. The van der Waals surface area contributed by atoms with E-state index in [1.807, 2.05) is 67.8 Å². The highest BCUT2D eigenvalue weighted by Gasteiger charge is 2.19. The summed E-state index contributed by atoms with van der Waals surface area (Å²) in [6.45, 7) is 8.50. The number of carbonyl (C=O) groups is 1. The fourth-order valence-corrected chi connectivity index (χ4v) is 4.94. The van der Waals surface area contributed by atoms with Crippen LogP contribution in [-0.2, 0) is 25.0 Å². The molecule has 4 aromatic rings. The predicted octanol–water partition coefficient (Wildman–Crippen LogP) is 4.68. The molecule has 2 heterocycles. The molecule has 0 unspecified atom stereocenters. The van der Waals surface area contributed by atoms with Crippen LogP contribution >= 0.6 is 23.4 Å². The molecular weight excluding hydrogens is 512 g/mol. The molecule has 1 amide bonds. The summed E-state index contributed by atoms with van der Waals surface area (Å²) in [5.74, 6) is 1.14. The molecule has 0 aliphatic carbocycles. The van der Waals surface area contributed by atoms with Gasteiger partial charge in [-0.3, -0.25) is 14.3 Å². The molecule has 0 spiro atoms. The van der Waals surface area contributed by atoms with Crippen LogP contribution < -0.4 is 15.6 Å². The molecule has 2 aromatic carbocycles. The molecule has 9 nitrogen and oxygen atoms in total. The van der Waals surface area contributed by atoms with E-state index in [4.69, 9.17) is 16.3 Å². The number of benzene rings is 2. The molecule has 37 heavy (non-hydrogen) atoms. The van der Waals surface area contributed by atoms with Gasteiger partial charge in [0.25, 0.3) is 5.56 Å². The SMILES string of the molecule is CCn1c(COc2cc(C)c(Cl)c(C)c2)nnc1SCC(=O)Nc1c(C)n(C)n(-c2ccccc2)c1=O. The van der Waals surface area contributed by atoms with Crippen molar-refractivity contribution in [3.05, 3.63) is 80.5 Å². The molecule has 0 saturated carbocycles. The van der Waals surface area contributed by atoms with Crippen LogP contribution in [0, 0.1) is 20.8 Å². The molecule has 0 aliphatic rings. The minimum atomic E-state index is -0.299. The zero-order valence-corrected chi connectivity index (χ0v) is 23.0. The number of thioether (sulfide) groups is 1. The van der Waals surface area contributed by atoms with E-state index in [9.17, 15) is 9.59 Å². The maximum Gasteiger partial charge on any atom is 0.295 e. The average molecular weight is 541 g/mol. The van der Waals surface area contributed by atoms with Crippen molar-refractivity contribution >= 4 is 35.0 Å². The van der Waals surface area contributed by atoms with Gasteiger partial charge in [-0.2, -0.15) is 0 Å². The Morgan fingerprint density at radius 1 is 1.11 bits per heavy atom. The number of halogens is 1. The van der Waals surface area contributed by atoms with Crippen LogP contribution in [0.5, 0.6) is 5.75 Å². The van der Waals surface area contributed by atoms with Gasteiger partial charge >= 0.3 is 0 Å². The van der Waals surface area contributed by atoms with Crippen LogP contribution in [0.1, 0.15) is 29.6 Å². The van der Waals surface area contributed by atoms with E-state index in [0.717, 1.165) is 21.8 Å². The maximum atomic E-state index is 13.0. The number of ether oxygens (including phenoxy) is 1. The molecule has 0 saturated heterocycles. The van der Waals surface area contributed by atoms with E-state index in [2.05, 4.69) is 15.5 Å². The second kappa shape index (κ2) is 11.3. The lowest BCUT2D eigenvalue weighted by Crippen LogP contribution is -2.23. The molecule has 194 valence electrons. The van der Waals surface area contributed by atoms with Crippen molar-refractivity contribution in [2.45, 2.75) is 46.0 Å². The summed E-state index contributed by atoms with van der Waals surface area (Å²) in [5, 5.41) is 12.6. The molecule has 0 atom stereocenters. The first kappa shape index (κ1) is 26.6. The summed E-state index contributed by atoms with van der Waals surface area (Å²) in [6, 6.07) is 13.1. The Bertz CT molecular complexity index is 1470. The average Bonchev–Trinajstić information content (AvgIpc) is 3.38. The highest BCUT2D eigenvalue weighted by atomic mass is 35.5. The fraction of sp³-hybridized carbons (Fsp3) is 0.308. The first-order valence-electron chi connectivity index (χ1n) is 11.8. The third-order valence-corrected chi connectivity index (χ3v) is 7.60. The van der Waals surface area contributed by atoms with E-state index in [-0.39, 0.29) is 29.5 Å². The topological polar surface area (TPSA) is 96.0 Å². The van der Waals surface area contributed by atoms with Gasteiger partial charge < -0.3 is 14.6 Å². The largest absolute Gasteiger partial charge is 0.486 e. The molecule has 11 heteroatoms. The van der Waals surface area contributed by atoms with Crippen LogP contribution in [0.4, 0.5) is 5.69 Å². The van der Waals surface area contributed by atoms with Gasteiger partial charge in [-0.15, -0.1) is 10.2 Å². The monoisotopic (exact) mass is 540 g/mol. The number of aromatic nitrogens is 5. The molecule has 0 fully saturated rings. The van der Waals surface area contributed by atoms with Gasteiger partial charge in [0, 0.05) is 18.6 Å². The van der Waals surface area contributed by atoms with Gasteiger partial charge in [-0.25, -0.2) is 4.68 Å². The highest BCUT2D eigenvalue weighted by molar-refractivity contribution is 7.99. The third kappa shape index (κ3) is 5.60. The Kier molecular flexibility index (Phi) is 8.09. The van der Waals surface area contributed by atoms with E-state index >= 15 is 0 Å². The number of aryl methyl sites for hydroxylation is 2. The number of para-hydroxylation sites is 1. The first-order chi connectivity index (χ1) is 17.7. The van der Waals surface area contributed by atoms with Crippen LogP contribution in [0.15, 0.2) is 52.4 Å². The van der Waals surface area contributed by atoms with E-state index in [0.29, 0.717) is 29.0 Å². The van der Waals surface area contributed by atoms with E-state index < -0.39 is 0 Å². The number of rotatable bonds is 9. The van der Waals surface area contributed by atoms with Crippen molar-refractivity contribution in [1.82, 2.24) is 24.1 Å². The molecule has 0 aliphatic heterocycles. The minimum absolute atomic E-state index is 0.0771. The summed E-state index contributed by atoms with van der Waals surface area (Å²) in [6.07, 6.45) is 0. The lowest BCUT2D eigenvalue weighted by atomic mass is 10.1. The molecule has 2 aromatic heterocycles. The molecule has 1 N–H and O–H groups in total. The third-order valence-electron chi connectivity index (χ3n) is 6.04. The highest BCUT2D eigenvalue weighted by Crippen LogP contribution is 2.27.